The molecule has 0 aliphatic heterocycles. The van der Waals surface area contributed by atoms with Gasteiger partial charge >= 0.3 is 0 Å². The summed E-state index contributed by atoms with van der Waals surface area (Å²) in [6.07, 6.45) is 3.55. The van der Waals surface area contributed by atoms with E-state index in [9.17, 15) is 0 Å². The molecule has 0 aliphatic carbocycles. The minimum Gasteiger partial charge on any atom is -0.380 e. The third-order valence-electron chi connectivity index (χ3n) is 2.92. The lowest BCUT2D eigenvalue weighted by molar-refractivity contribution is 0.436. The molecule has 2 N–H and O–H groups in total. The zero-order valence-corrected chi connectivity index (χ0v) is 10.5. The van der Waals surface area contributed by atoms with E-state index in [1.54, 1.807) is 12.4 Å². The number of hydrogen-bond acceptors (Lipinski definition) is 4. The summed E-state index contributed by atoms with van der Waals surface area (Å²) < 4.78 is 5.38. The predicted octanol–water partition coefficient (Wildman–Crippen LogP) is 3.29. The van der Waals surface area contributed by atoms with Gasteiger partial charge in [-0.15, -0.1) is 0 Å². The van der Waals surface area contributed by atoms with Crippen LogP contribution in [0.4, 0.5) is 5.82 Å². The van der Waals surface area contributed by atoms with Crippen molar-refractivity contribution >= 4 is 5.82 Å². The van der Waals surface area contributed by atoms with Gasteiger partial charge in [-0.1, -0.05) is 35.5 Å². The van der Waals surface area contributed by atoms with Crippen LogP contribution in [0.25, 0.3) is 22.5 Å². The van der Waals surface area contributed by atoms with Crippen molar-refractivity contribution in [2.45, 2.75) is 6.92 Å². The molecule has 1 aromatic carbocycles. The van der Waals surface area contributed by atoms with Crippen LogP contribution in [0.1, 0.15) is 5.56 Å². The van der Waals surface area contributed by atoms with Gasteiger partial charge in [0.05, 0.1) is 5.56 Å². The summed E-state index contributed by atoms with van der Waals surface area (Å²) in [5, 5.41) is 3.87. The van der Waals surface area contributed by atoms with E-state index in [-0.39, 0.29) is 0 Å². The fourth-order valence-electron chi connectivity index (χ4n) is 2.06. The Bertz CT molecular complexity index is 704. The number of rotatable bonds is 2. The summed E-state index contributed by atoms with van der Waals surface area (Å²) in [5.74, 6) is 1.04. The third-order valence-corrected chi connectivity index (χ3v) is 2.92. The summed E-state index contributed by atoms with van der Waals surface area (Å²) in [5.41, 5.74) is 9.66. The van der Waals surface area contributed by atoms with Crippen molar-refractivity contribution in [1.29, 1.82) is 0 Å². The van der Waals surface area contributed by atoms with E-state index in [1.807, 2.05) is 43.3 Å². The Morgan fingerprint density at radius 2 is 1.84 bits per heavy atom. The Morgan fingerprint density at radius 3 is 2.58 bits per heavy atom. The molecular formula is C15H13N3O. The molecule has 4 heteroatoms. The zero-order valence-electron chi connectivity index (χ0n) is 10.5. The van der Waals surface area contributed by atoms with Crippen LogP contribution in [-0.4, -0.2) is 10.1 Å². The molecule has 94 valence electrons. The standard InChI is InChI=1S/C15H13N3O/c1-10-7-12(9-17-8-10)14-13(15(16)18-19-14)11-5-3-2-4-6-11/h2-9H,1H3,(H2,16,18). The van der Waals surface area contributed by atoms with Crippen LogP contribution < -0.4 is 5.73 Å². The first-order valence-electron chi connectivity index (χ1n) is 5.98. The van der Waals surface area contributed by atoms with Gasteiger partial charge in [-0.05, 0) is 24.1 Å². The summed E-state index contributed by atoms with van der Waals surface area (Å²) in [6.45, 7) is 1.98. The normalized spacial score (nSPS) is 10.6. The number of pyridine rings is 1. The molecule has 0 fully saturated rings. The maximum atomic E-state index is 5.92. The zero-order chi connectivity index (χ0) is 13.2. The number of nitrogens with two attached hydrogens (primary N) is 1. The quantitative estimate of drug-likeness (QED) is 0.759. The number of anilines is 1. The van der Waals surface area contributed by atoms with E-state index in [0.29, 0.717) is 11.6 Å². The van der Waals surface area contributed by atoms with Crippen molar-refractivity contribution in [1.82, 2.24) is 10.1 Å². The molecule has 19 heavy (non-hydrogen) atoms. The highest BCUT2D eigenvalue weighted by Crippen LogP contribution is 2.36. The number of nitrogens with zero attached hydrogens (tertiary/aromatic N) is 2. The lowest BCUT2D eigenvalue weighted by Crippen LogP contribution is -1.89. The number of aromatic nitrogens is 2. The Labute approximate surface area is 110 Å². The lowest BCUT2D eigenvalue weighted by atomic mass is 10.0. The minimum absolute atomic E-state index is 0.391. The molecule has 2 aromatic heterocycles. The lowest BCUT2D eigenvalue weighted by Gasteiger charge is -2.03. The molecule has 3 aromatic rings. The van der Waals surface area contributed by atoms with E-state index in [0.717, 1.165) is 22.3 Å². The summed E-state index contributed by atoms with van der Waals surface area (Å²) >= 11 is 0. The summed E-state index contributed by atoms with van der Waals surface area (Å²) in [7, 11) is 0. The van der Waals surface area contributed by atoms with E-state index >= 15 is 0 Å². The van der Waals surface area contributed by atoms with Gasteiger partial charge in [0.25, 0.3) is 0 Å². The molecule has 3 rings (SSSR count). The van der Waals surface area contributed by atoms with Crippen molar-refractivity contribution < 1.29 is 4.52 Å². The highest BCUT2D eigenvalue weighted by atomic mass is 16.5. The van der Waals surface area contributed by atoms with Crippen LogP contribution in [0, 0.1) is 6.92 Å². The first kappa shape index (κ1) is 11.5. The van der Waals surface area contributed by atoms with Gasteiger partial charge < -0.3 is 10.3 Å². The Hall–Kier alpha value is -2.62. The first-order chi connectivity index (χ1) is 9.25. The second-order valence-corrected chi connectivity index (χ2v) is 4.39. The monoisotopic (exact) mass is 251 g/mol. The molecule has 0 spiro atoms. The van der Waals surface area contributed by atoms with Gasteiger partial charge in [-0.25, -0.2) is 0 Å². The molecule has 0 atom stereocenters. The van der Waals surface area contributed by atoms with Gasteiger partial charge in [0.15, 0.2) is 11.6 Å². The van der Waals surface area contributed by atoms with Crippen LogP contribution in [0.5, 0.6) is 0 Å². The SMILES string of the molecule is Cc1cncc(-c2onc(N)c2-c2ccccc2)c1. The first-order valence-corrected chi connectivity index (χ1v) is 5.98. The fourth-order valence-corrected chi connectivity index (χ4v) is 2.06. The number of hydrogen-bond donors (Lipinski definition) is 1. The Morgan fingerprint density at radius 1 is 1.05 bits per heavy atom. The van der Waals surface area contributed by atoms with E-state index < -0.39 is 0 Å². The van der Waals surface area contributed by atoms with Crippen molar-refractivity contribution in [3.63, 3.8) is 0 Å². The second kappa shape index (κ2) is 4.57. The molecule has 0 bridgehead atoms. The molecule has 0 radical (unpaired) electrons. The summed E-state index contributed by atoms with van der Waals surface area (Å²) in [4.78, 5) is 4.18. The van der Waals surface area contributed by atoms with Crippen molar-refractivity contribution in [2.75, 3.05) is 5.73 Å². The minimum atomic E-state index is 0.391. The molecule has 0 saturated carbocycles. The second-order valence-electron chi connectivity index (χ2n) is 4.39. The number of benzene rings is 1. The maximum Gasteiger partial charge on any atom is 0.178 e. The molecule has 0 amide bonds. The topological polar surface area (TPSA) is 64.9 Å². The Kier molecular flexibility index (Phi) is 2.76. The van der Waals surface area contributed by atoms with Crippen molar-refractivity contribution in [3.8, 4) is 22.5 Å². The average Bonchev–Trinajstić information content (AvgIpc) is 2.82. The number of aryl methyl sites for hydroxylation is 1. The van der Waals surface area contributed by atoms with Crippen LogP contribution in [-0.2, 0) is 0 Å². The maximum absolute atomic E-state index is 5.92. The fraction of sp³-hybridized carbons (Fsp3) is 0.0667. The molecule has 0 saturated heterocycles. The third kappa shape index (κ3) is 2.08. The van der Waals surface area contributed by atoms with E-state index in [2.05, 4.69) is 10.1 Å². The van der Waals surface area contributed by atoms with Gasteiger partial charge in [0.1, 0.15) is 0 Å². The summed E-state index contributed by atoms with van der Waals surface area (Å²) in [6, 6.07) is 11.8. The molecule has 2 heterocycles. The molecule has 0 unspecified atom stereocenters. The van der Waals surface area contributed by atoms with Crippen LogP contribution >= 0.6 is 0 Å². The average molecular weight is 251 g/mol. The molecule has 4 nitrogen and oxygen atoms in total. The highest BCUT2D eigenvalue weighted by Gasteiger charge is 2.17. The molecule has 0 aliphatic rings. The molecular weight excluding hydrogens is 238 g/mol. The van der Waals surface area contributed by atoms with Gasteiger partial charge in [0.2, 0.25) is 0 Å². The number of nitrogen functional groups attached to an aromatic ring is 1. The smallest absolute Gasteiger partial charge is 0.178 e. The van der Waals surface area contributed by atoms with Crippen LogP contribution in [0.3, 0.4) is 0 Å². The van der Waals surface area contributed by atoms with Crippen LogP contribution in [0.15, 0.2) is 53.3 Å². The predicted molar refractivity (Wildman–Crippen MR) is 74.3 cm³/mol. The van der Waals surface area contributed by atoms with E-state index in [4.69, 9.17) is 10.3 Å². The van der Waals surface area contributed by atoms with Crippen molar-refractivity contribution in [3.05, 3.63) is 54.4 Å². The highest BCUT2D eigenvalue weighted by molar-refractivity contribution is 5.86. The van der Waals surface area contributed by atoms with Gasteiger partial charge in [-0.3, -0.25) is 4.98 Å². The van der Waals surface area contributed by atoms with Crippen molar-refractivity contribution in [2.24, 2.45) is 0 Å². The Balaban J connectivity index is 2.19. The van der Waals surface area contributed by atoms with E-state index in [1.165, 1.54) is 0 Å². The van der Waals surface area contributed by atoms with Crippen LogP contribution in [0.2, 0.25) is 0 Å². The van der Waals surface area contributed by atoms with Gasteiger partial charge in [0, 0.05) is 18.0 Å². The largest absolute Gasteiger partial charge is 0.380 e. The van der Waals surface area contributed by atoms with Gasteiger partial charge in [-0.2, -0.15) is 0 Å².